The van der Waals surface area contributed by atoms with Crippen LogP contribution in [0.25, 0.3) is 11.3 Å². The lowest BCUT2D eigenvalue weighted by Gasteiger charge is -2.32. The average Bonchev–Trinajstić information content (AvgIpc) is 3.32. The van der Waals surface area contributed by atoms with E-state index in [0.29, 0.717) is 24.3 Å². The summed E-state index contributed by atoms with van der Waals surface area (Å²) in [7, 11) is 1.88. The maximum atomic E-state index is 14.1. The highest BCUT2D eigenvalue weighted by atomic mass is 19.1. The molecule has 7 nitrogen and oxygen atoms in total. The molecule has 1 unspecified atom stereocenters. The summed E-state index contributed by atoms with van der Waals surface area (Å²) in [6.07, 6.45) is 3.69. The molecule has 0 radical (unpaired) electrons. The Morgan fingerprint density at radius 2 is 2.06 bits per heavy atom. The average molecular weight is 440 g/mol. The van der Waals surface area contributed by atoms with Gasteiger partial charge in [0.15, 0.2) is 0 Å². The summed E-state index contributed by atoms with van der Waals surface area (Å²) in [6, 6.07) is 8.74. The van der Waals surface area contributed by atoms with Crippen LogP contribution in [-0.2, 0) is 23.2 Å². The number of amides is 2. The van der Waals surface area contributed by atoms with Crippen molar-refractivity contribution in [2.75, 3.05) is 26.2 Å². The van der Waals surface area contributed by atoms with Gasteiger partial charge >= 0.3 is 0 Å². The van der Waals surface area contributed by atoms with Gasteiger partial charge in [0.05, 0.1) is 17.3 Å². The molecular formula is C24H30FN5O2. The summed E-state index contributed by atoms with van der Waals surface area (Å²) >= 11 is 0. The highest BCUT2D eigenvalue weighted by Gasteiger charge is 2.34. The van der Waals surface area contributed by atoms with E-state index in [2.05, 4.69) is 21.9 Å². The Kier molecular flexibility index (Phi) is 6.69. The number of hydrogen-bond acceptors (Lipinski definition) is 4. The molecule has 0 saturated carbocycles. The monoisotopic (exact) mass is 439 g/mol. The molecule has 2 saturated heterocycles. The van der Waals surface area contributed by atoms with Crippen molar-refractivity contribution in [1.29, 1.82) is 0 Å². The van der Waals surface area contributed by atoms with Crippen molar-refractivity contribution in [3.05, 3.63) is 54.5 Å². The fourth-order valence-electron chi connectivity index (χ4n) is 4.52. The number of carbonyl (C=O) groups is 2. The molecule has 1 atom stereocenters. The lowest BCUT2D eigenvalue weighted by Crippen LogP contribution is -2.46. The molecule has 2 aromatic rings. The summed E-state index contributed by atoms with van der Waals surface area (Å²) in [5, 5.41) is 7.63. The number of likely N-dealkylation sites (tertiary alicyclic amines) is 2. The van der Waals surface area contributed by atoms with Crippen LogP contribution in [0, 0.1) is 11.7 Å². The molecule has 170 valence electrons. The zero-order valence-corrected chi connectivity index (χ0v) is 18.5. The van der Waals surface area contributed by atoms with Gasteiger partial charge in [0.1, 0.15) is 5.82 Å². The maximum absolute atomic E-state index is 14.1. The van der Waals surface area contributed by atoms with Gasteiger partial charge in [-0.2, -0.15) is 5.10 Å². The molecule has 2 aliphatic rings. The molecule has 0 bridgehead atoms. The number of nitrogens with zero attached hydrogens (tertiary/aromatic N) is 4. The third kappa shape index (κ3) is 4.91. The van der Waals surface area contributed by atoms with Crippen molar-refractivity contribution in [1.82, 2.24) is 24.9 Å². The topological polar surface area (TPSA) is 70.5 Å². The molecule has 8 heteroatoms. The molecule has 0 spiro atoms. The predicted molar refractivity (Wildman–Crippen MR) is 120 cm³/mol. The molecule has 1 aromatic carbocycles. The van der Waals surface area contributed by atoms with Crippen molar-refractivity contribution in [3.8, 4) is 11.3 Å². The predicted octanol–water partition coefficient (Wildman–Crippen LogP) is 2.34. The normalized spacial score (nSPS) is 20.0. The van der Waals surface area contributed by atoms with E-state index in [4.69, 9.17) is 0 Å². The maximum Gasteiger partial charge on any atom is 0.225 e. The first kappa shape index (κ1) is 22.2. The van der Waals surface area contributed by atoms with Gasteiger partial charge in [-0.25, -0.2) is 4.39 Å². The van der Waals surface area contributed by atoms with Crippen LogP contribution in [0.15, 0.2) is 43.0 Å². The first-order valence-electron chi connectivity index (χ1n) is 11.1. The van der Waals surface area contributed by atoms with Crippen LogP contribution in [-0.4, -0.2) is 63.6 Å². The minimum absolute atomic E-state index is 0.0193. The fourth-order valence-corrected chi connectivity index (χ4v) is 4.52. The number of halogens is 1. The van der Waals surface area contributed by atoms with Crippen LogP contribution in [0.1, 0.15) is 25.0 Å². The number of nitrogens with one attached hydrogen (secondary N) is 1. The Bertz CT molecular complexity index is 996. The van der Waals surface area contributed by atoms with E-state index in [-0.39, 0.29) is 36.0 Å². The minimum atomic E-state index is -0.273. The van der Waals surface area contributed by atoms with Gasteiger partial charge in [0.25, 0.3) is 0 Å². The number of piperidine rings is 1. The molecule has 32 heavy (non-hydrogen) atoms. The Labute approximate surface area is 187 Å². The van der Waals surface area contributed by atoms with E-state index in [1.54, 1.807) is 23.1 Å². The van der Waals surface area contributed by atoms with Crippen LogP contribution in [0.5, 0.6) is 0 Å². The lowest BCUT2D eigenvalue weighted by atomic mass is 10.0. The van der Waals surface area contributed by atoms with Gasteiger partial charge in [-0.3, -0.25) is 19.2 Å². The van der Waals surface area contributed by atoms with Crippen molar-refractivity contribution in [3.63, 3.8) is 0 Å². The van der Waals surface area contributed by atoms with Gasteiger partial charge in [-0.1, -0.05) is 18.2 Å². The molecule has 0 aliphatic carbocycles. The molecular weight excluding hydrogens is 409 g/mol. The second-order valence-corrected chi connectivity index (χ2v) is 8.67. The number of hydrogen-bond donors (Lipinski definition) is 1. The second-order valence-electron chi connectivity index (χ2n) is 8.67. The van der Waals surface area contributed by atoms with Gasteiger partial charge in [-0.05, 0) is 31.0 Å². The van der Waals surface area contributed by atoms with Gasteiger partial charge < -0.3 is 10.2 Å². The fraction of sp³-hybridized carbons (Fsp3) is 0.458. The highest BCUT2D eigenvalue weighted by molar-refractivity contribution is 5.89. The van der Waals surface area contributed by atoms with Gasteiger partial charge in [-0.15, -0.1) is 6.58 Å². The van der Waals surface area contributed by atoms with E-state index in [1.165, 1.54) is 6.07 Å². The van der Waals surface area contributed by atoms with E-state index >= 15 is 0 Å². The molecule has 1 aromatic heterocycles. The summed E-state index contributed by atoms with van der Waals surface area (Å²) in [6.45, 7) is 7.08. The van der Waals surface area contributed by atoms with E-state index in [9.17, 15) is 14.0 Å². The van der Waals surface area contributed by atoms with Crippen LogP contribution < -0.4 is 5.32 Å². The van der Waals surface area contributed by atoms with E-state index in [0.717, 1.165) is 38.2 Å². The number of benzene rings is 1. The zero-order valence-electron chi connectivity index (χ0n) is 18.5. The quantitative estimate of drug-likeness (QED) is 0.673. The van der Waals surface area contributed by atoms with Crippen molar-refractivity contribution in [2.45, 2.75) is 31.8 Å². The highest BCUT2D eigenvalue weighted by Crippen LogP contribution is 2.24. The summed E-state index contributed by atoms with van der Waals surface area (Å²) in [5.41, 5.74) is 2.17. The number of aromatic nitrogens is 2. The Balaban J connectivity index is 1.28. The largest absolute Gasteiger partial charge is 0.353 e. The number of aryl methyl sites for hydroxylation is 1. The first-order valence-corrected chi connectivity index (χ1v) is 11.1. The van der Waals surface area contributed by atoms with Crippen LogP contribution in [0.4, 0.5) is 4.39 Å². The number of rotatable bonds is 7. The molecule has 2 amide bonds. The van der Waals surface area contributed by atoms with Gasteiger partial charge in [0.2, 0.25) is 11.8 Å². The summed E-state index contributed by atoms with van der Waals surface area (Å²) in [4.78, 5) is 28.6. The minimum Gasteiger partial charge on any atom is -0.353 e. The molecule has 3 heterocycles. The molecule has 2 aliphatic heterocycles. The third-order valence-electron chi connectivity index (χ3n) is 6.38. The van der Waals surface area contributed by atoms with Crippen LogP contribution in [0.2, 0.25) is 0 Å². The SMILES string of the molecule is C=CCN1CC(C(=O)NC2CCN(Cc3cc(-c4ccccc4F)nn3C)CC2)CC1=O. The van der Waals surface area contributed by atoms with E-state index < -0.39 is 0 Å². The van der Waals surface area contributed by atoms with Crippen molar-refractivity contribution < 1.29 is 14.0 Å². The van der Waals surface area contributed by atoms with Crippen molar-refractivity contribution >= 4 is 11.8 Å². The molecule has 2 fully saturated rings. The molecule has 4 rings (SSSR count). The Hall–Kier alpha value is -3.00. The zero-order chi connectivity index (χ0) is 22.7. The second kappa shape index (κ2) is 9.65. The third-order valence-corrected chi connectivity index (χ3v) is 6.38. The standard InChI is InChI=1S/C24H30FN5O2/c1-3-10-30-15-17(13-23(30)31)24(32)26-18-8-11-29(12-9-18)16-19-14-22(27-28(19)2)20-6-4-5-7-21(20)25/h3-7,14,17-18H,1,8-13,15-16H2,2H3,(H,26,32). The summed E-state index contributed by atoms with van der Waals surface area (Å²) in [5.74, 6) is -0.549. The van der Waals surface area contributed by atoms with Crippen LogP contribution >= 0.6 is 0 Å². The number of carbonyl (C=O) groups excluding carboxylic acids is 2. The lowest BCUT2D eigenvalue weighted by molar-refractivity contribution is -0.129. The molecule has 1 N–H and O–H groups in total. The summed E-state index contributed by atoms with van der Waals surface area (Å²) < 4.78 is 15.9. The first-order chi connectivity index (χ1) is 15.4. The smallest absolute Gasteiger partial charge is 0.225 e. The van der Waals surface area contributed by atoms with Crippen molar-refractivity contribution in [2.24, 2.45) is 13.0 Å². The van der Waals surface area contributed by atoms with Gasteiger partial charge in [0, 0.05) is 57.8 Å². The van der Waals surface area contributed by atoms with Crippen LogP contribution in [0.3, 0.4) is 0 Å². The van der Waals surface area contributed by atoms with E-state index in [1.807, 2.05) is 23.9 Å². The Morgan fingerprint density at radius 1 is 1.31 bits per heavy atom. The Morgan fingerprint density at radius 3 is 2.78 bits per heavy atom.